The van der Waals surface area contributed by atoms with E-state index in [1.807, 2.05) is 23.8 Å². The number of carbonyl (C=O) groups excluding carboxylic acids is 1. The highest BCUT2D eigenvalue weighted by Gasteiger charge is 2.25. The Morgan fingerprint density at radius 2 is 2.12 bits per heavy atom. The minimum Gasteiger partial charge on any atom is -0.370 e. The van der Waals surface area contributed by atoms with E-state index in [2.05, 4.69) is 10.2 Å². The number of hydrogen-bond acceptors (Lipinski definition) is 5. The van der Waals surface area contributed by atoms with Gasteiger partial charge in [0.05, 0.1) is 15.6 Å². The van der Waals surface area contributed by atoms with Crippen LogP contribution < -0.4 is 10.2 Å². The number of amides is 1. The molecular weight excluding hydrogens is 362 g/mol. The predicted octanol–water partition coefficient (Wildman–Crippen LogP) is 4.02. The first-order chi connectivity index (χ1) is 12.0. The molecule has 6 nitrogen and oxygen atoms in total. The van der Waals surface area contributed by atoms with E-state index in [9.17, 15) is 14.9 Å². The summed E-state index contributed by atoms with van der Waals surface area (Å²) in [7, 11) is 0. The van der Waals surface area contributed by atoms with E-state index in [0.717, 1.165) is 37.2 Å². The smallest absolute Gasteiger partial charge is 0.271 e. The predicted molar refractivity (Wildman–Crippen MR) is 99.9 cm³/mol. The van der Waals surface area contributed by atoms with E-state index in [4.69, 9.17) is 11.6 Å². The fourth-order valence-corrected chi connectivity index (χ4v) is 4.15. The molecule has 0 unspecified atom stereocenters. The van der Waals surface area contributed by atoms with Crippen LogP contribution in [0.15, 0.2) is 29.0 Å². The molecule has 1 saturated heterocycles. The van der Waals surface area contributed by atoms with E-state index in [1.165, 1.54) is 17.4 Å². The molecule has 0 atom stereocenters. The minimum atomic E-state index is -0.436. The van der Waals surface area contributed by atoms with Gasteiger partial charge in [-0.1, -0.05) is 11.6 Å². The third-order valence-corrected chi connectivity index (χ3v) is 5.35. The lowest BCUT2D eigenvalue weighted by Crippen LogP contribution is -2.44. The number of nitrogens with one attached hydrogen (secondary N) is 1. The normalized spacial score (nSPS) is 15.2. The van der Waals surface area contributed by atoms with Crippen LogP contribution in [0.25, 0.3) is 0 Å². The van der Waals surface area contributed by atoms with Crippen molar-refractivity contribution in [3.05, 3.63) is 55.2 Å². The molecule has 0 radical (unpaired) electrons. The van der Waals surface area contributed by atoms with Crippen molar-refractivity contribution >= 4 is 40.2 Å². The van der Waals surface area contributed by atoms with Crippen molar-refractivity contribution in [3.8, 4) is 0 Å². The molecule has 1 aliphatic heterocycles. The van der Waals surface area contributed by atoms with Crippen molar-refractivity contribution in [2.75, 3.05) is 18.0 Å². The van der Waals surface area contributed by atoms with E-state index in [0.29, 0.717) is 10.6 Å². The van der Waals surface area contributed by atoms with Gasteiger partial charge < -0.3 is 10.2 Å². The monoisotopic (exact) mass is 379 g/mol. The van der Waals surface area contributed by atoms with E-state index >= 15 is 0 Å². The molecule has 2 heterocycles. The molecule has 0 aliphatic carbocycles. The molecule has 0 saturated carbocycles. The van der Waals surface area contributed by atoms with Crippen LogP contribution in [-0.4, -0.2) is 30.0 Å². The first-order valence-electron chi connectivity index (χ1n) is 7.98. The number of piperidine rings is 1. The lowest BCUT2D eigenvalue weighted by atomic mass is 10.0. The van der Waals surface area contributed by atoms with Gasteiger partial charge in [-0.25, -0.2) is 0 Å². The molecule has 132 valence electrons. The highest BCUT2D eigenvalue weighted by molar-refractivity contribution is 7.08. The Bertz CT molecular complexity index is 763. The SMILES string of the molecule is Cc1cc([N+](=O)[O-])cc(Cl)c1N1CCC(NC(=O)c2ccsc2)CC1. The van der Waals surface area contributed by atoms with Crippen LogP contribution in [0.1, 0.15) is 28.8 Å². The summed E-state index contributed by atoms with van der Waals surface area (Å²) in [6.45, 7) is 3.32. The number of benzene rings is 1. The van der Waals surface area contributed by atoms with E-state index in [1.54, 1.807) is 6.07 Å². The van der Waals surface area contributed by atoms with Crippen LogP contribution in [-0.2, 0) is 0 Å². The molecule has 1 aliphatic rings. The van der Waals surface area contributed by atoms with Crippen molar-refractivity contribution in [1.29, 1.82) is 0 Å². The number of hydrogen-bond donors (Lipinski definition) is 1. The number of nitrogens with zero attached hydrogens (tertiary/aromatic N) is 2. The van der Waals surface area contributed by atoms with E-state index in [-0.39, 0.29) is 17.6 Å². The molecule has 3 rings (SSSR count). The first kappa shape index (κ1) is 17.7. The maximum Gasteiger partial charge on any atom is 0.271 e. The lowest BCUT2D eigenvalue weighted by molar-refractivity contribution is -0.384. The second-order valence-electron chi connectivity index (χ2n) is 6.10. The van der Waals surface area contributed by atoms with Crippen LogP contribution >= 0.6 is 22.9 Å². The largest absolute Gasteiger partial charge is 0.370 e. The summed E-state index contributed by atoms with van der Waals surface area (Å²) in [5, 5.41) is 18.1. The summed E-state index contributed by atoms with van der Waals surface area (Å²) in [5.41, 5.74) is 2.33. The average molecular weight is 380 g/mol. The Hall–Kier alpha value is -2.12. The Labute approximate surface area is 154 Å². The van der Waals surface area contributed by atoms with Crippen LogP contribution in [0.5, 0.6) is 0 Å². The number of thiophene rings is 1. The molecule has 1 aromatic heterocycles. The molecule has 1 N–H and O–H groups in total. The van der Waals surface area contributed by atoms with Crippen molar-refractivity contribution < 1.29 is 9.72 Å². The summed E-state index contributed by atoms with van der Waals surface area (Å²) in [6, 6.07) is 4.88. The van der Waals surface area contributed by atoms with Gasteiger partial charge in [-0.3, -0.25) is 14.9 Å². The fraction of sp³-hybridized carbons (Fsp3) is 0.353. The highest BCUT2D eigenvalue weighted by atomic mass is 35.5. The van der Waals surface area contributed by atoms with Gasteiger partial charge in [-0.05, 0) is 36.8 Å². The molecule has 2 aromatic rings. The number of nitro groups is 1. The minimum absolute atomic E-state index is 0.00385. The van der Waals surface area contributed by atoms with Crippen LogP contribution in [0.4, 0.5) is 11.4 Å². The van der Waals surface area contributed by atoms with Crippen molar-refractivity contribution in [2.45, 2.75) is 25.8 Å². The van der Waals surface area contributed by atoms with Crippen LogP contribution in [0.2, 0.25) is 5.02 Å². The average Bonchev–Trinajstić information content (AvgIpc) is 3.10. The highest BCUT2D eigenvalue weighted by Crippen LogP contribution is 2.35. The van der Waals surface area contributed by atoms with Gasteiger partial charge in [0.1, 0.15) is 0 Å². The van der Waals surface area contributed by atoms with Gasteiger partial charge in [0.2, 0.25) is 0 Å². The molecule has 0 spiro atoms. The van der Waals surface area contributed by atoms with Gasteiger partial charge in [-0.15, -0.1) is 0 Å². The topological polar surface area (TPSA) is 75.5 Å². The van der Waals surface area contributed by atoms with Gasteiger partial charge in [0.25, 0.3) is 11.6 Å². The van der Waals surface area contributed by atoms with Crippen molar-refractivity contribution in [3.63, 3.8) is 0 Å². The first-order valence-corrected chi connectivity index (χ1v) is 9.30. The van der Waals surface area contributed by atoms with Crippen LogP contribution in [0, 0.1) is 17.0 Å². The fourth-order valence-electron chi connectivity index (χ4n) is 3.13. The Morgan fingerprint density at radius 1 is 1.40 bits per heavy atom. The summed E-state index contributed by atoms with van der Waals surface area (Å²) in [4.78, 5) is 24.8. The lowest BCUT2D eigenvalue weighted by Gasteiger charge is -2.35. The summed E-state index contributed by atoms with van der Waals surface area (Å²) in [5.74, 6) is -0.0377. The van der Waals surface area contributed by atoms with Gasteiger partial charge in [0.15, 0.2) is 0 Å². The molecule has 25 heavy (non-hydrogen) atoms. The molecule has 1 fully saturated rings. The zero-order valence-corrected chi connectivity index (χ0v) is 15.3. The third-order valence-electron chi connectivity index (χ3n) is 4.38. The maximum absolute atomic E-state index is 12.1. The summed E-state index contributed by atoms with van der Waals surface area (Å²) < 4.78 is 0. The molecule has 8 heteroatoms. The quantitative estimate of drug-likeness (QED) is 0.643. The van der Waals surface area contributed by atoms with Gasteiger partial charge >= 0.3 is 0 Å². The summed E-state index contributed by atoms with van der Waals surface area (Å²) in [6.07, 6.45) is 1.62. The Balaban J connectivity index is 1.64. The molecule has 0 bridgehead atoms. The Kier molecular flexibility index (Phi) is 5.24. The standard InChI is InChI=1S/C17H18ClN3O3S/c1-11-8-14(21(23)24)9-15(18)16(11)20-5-2-13(3-6-20)19-17(22)12-4-7-25-10-12/h4,7-10,13H,2-3,5-6H2,1H3,(H,19,22). The second-order valence-corrected chi connectivity index (χ2v) is 7.28. The van der Waals surface area contributed by atoms with Gasteiger partial charge in [-0.2, -0.15) is 11.3 Å². The second kappa shape index (κ2) is 7.41. The van der Waals surface area contributed by atoms with E-state index < -0.39 is 4.92 Å². The molecular formula is C17H18ClN3O3S. The number of aryl methyl sites for hydroxylation is 1. The number of anilines is 1. The number of nitro benzene ring substituents is 1. The zero-order chi connectivity index (χ0) is 18.0. The van der Waals surface area contributed by atoms with Crippen molar-refractivity contribution in [1.82, 2.24) is 5.32 Å². The zero-order valence-electron chi connectivity index (χ0n) is 13.7. The van der Waals surface area contributed by atoms with Crippen molar-refractivity contribution in [2.24, 2.45) is 0 Å². The molecule has 1 aromatic carbocycles. The number of non-ortho nitro benzene ring substituents is 1. The number of halogens is 1. The van der Waals surface area contributed by atoms with Gasteiger partial charge in [0, 0.05) is 42.2 Å². The number of carbonyl (C=O) groups is 1. The Morgan fingerprint density at radius 3 is 2.68 bits per heavy atom. The number of rotatable bonds is 4. The third kappa shape index (κ3) is 3.93. The molecule has 1 amide bonds. The maximum atomic E-state index is 12.1. The summed E-state index contributed by atoms with van der Waals surface area (Å²) >= 11 is 7.79. The van der Waals surface area contributed by atoms with Crippen LogP contribution in [0.3, 0.4) is 0 Å².